The van der Waals surface area contributed by atoms with Gasteiger partial charge in [-0.2, -0.15) is 0 Å². The number of carboxylic acid groups (broad SMARTS) is 1. The molecule has 1 rings (SSSR count). The Bertz CT molecular complexity index is 512. The third-order valence-corrected chi connectivity index (χ3v) is 3.98. The predicted octanol–water partition coefficient (Wildman–Crippen LogP) is 1.58. The van der Waals surface area contributed by atoms with Crippen LogP contribution in [0.4, 0.5) is 5.69 Å². The summed E-state index contributed by atoms with van der Waals surface area (Å²) in [6.45, 7) is 1.80. The molecule has 0 radical (unpaired) electrons. The normalized spacial score (nSPS) is 11.1. The molecule has 0 bridgehead atoms. The van der Waals surface area contributed by atoms with Gasteiger partial charge in [0.05, 0.1) is 5.69 Å². The average Bonchev–Trinajstić information content (AvgIpc) is 2.10. The number of hydrogen-bond acceptors (Lipinski definition) is 3. The molecule has 0 unspecified atom stereocenters. The molecule has 0 saturated heterocycles. The lowest BCUT2D eigenvalue weighted by molar-refractivity contribution is -0.134. The molecule has 7 heteroatoms. The van der Waals surface area contributed by atoms with E-state index in [4.69, 9.17) is 5.11 Å². The number of aliphatic carboxylic acids is 1. The molecule has 16 heavy (non-hydrogen) atoms. The first-order valence-corrected chi connectivity index (χ1v) is 6.74. The summed E-state index contributed by atoms with van der Waals surface area (Å²) in [5.74, 6) is -2.34. The van der Waals surface area contributed by atoms with Gasteiger partial charge in [0.2, 0.25) is 10.0 Å². The van der Waals surface area contributed by atoms with Crippen molar-refractivity contribution in [3.8, 4) is 0 Å². The highest BCUT2D eigenvalue weighted by Crippen LogP contribution is 2.26. The van der Waals surface area contributed by atoms with Crippen molar-refractivity contribution in [1.82, 2.24) is 0 Å². The van der Waals surface area contributed by atoms with Crippen LogP contribution in [0.5, 0.6) is 0 Å². The molecule has 0 aliphatic carbocycles. The van der Waals surface area contributed by atoms with E-state index in [2.05, 4.69) is 20.7 Å². The number of hydrogen-bond donors (Lipinski definition) is 2. The average molecular weight is 308 g/mol. The molecule has 0 aliphatic heterocycles. The molecule has 0 aliphatic rings. The first kappa shape index (κ1) is 13.0. The van der Waals surface area contributed by atoms with Crippen LogP contribution in [0.1, 0.15) is 5.56 Å². The topological polar surface area (TPSA) is 83.5 Å². The molecule has 1 aromatic rings. The molecule has 2 N–H and O–H groups in total. The summed E-state index contributed by atoms with van der Waals surface area (Å²) in [6, 6.07) is 5.04. The fourth-order valence-electron chi connectivity index (χ4n) is 1.09. The summed E-state index contributed by atoms with van der Waals surface area (Å²) in [5, 5.41) is 8.42. The second-order valence-electron chi connectivity index (χ2n) is 3.19. The van der Waals surface area contributed by atoms with Crippen LogP contribution < -0.4 is 4.72 Å². The van der Waals surface area contributed by atoms with Gasteiger partial charge in [0.15, 0.2) is 5.75 Å². The standard InChI is InChI=1S/C9H10BrNO4S/c1-6-3-2-4-7(9(6)10)11-16(14,15)5-8(12)13/h2-4,11H,5H2,1H3,(H,12,13). The first-order chi connectivity index (χ1) is 7.32. The van der Waals surface area contributed by atoms with Gasteiger partial charge in [-0.1, -0.05) is 12.1 Å². The van der Waals surface area contributed by atoms with Crippen LogP contribution in [0.15, 0.2) is 22.7 Å². The molecule has 0 fully saturated rings. The van der Waals surface area contributed by atoms with Gasteiger partial charge in [0, 0.05) is 4.47 Å². The smallest absolute Gasteiger partial charge is 0.320 e. The fraction of sp³-hybridized carbons (Fsp3) is 0.222. The molecular weight excluding hydrogens is 298 g/mol. The van der Waals surface area contributed by atoms with Crippen molar-refractivity contribution >= 4 is 37.6 Å². The van der Waals surface area contributed by atoms with Crippen molar-refractivity contribution in [3.05, 3.63) is 28.2 Å². The van der Waals surface area contributed by atoms with Gasteiger partial charge in [-0.3, -0.25) is 9.52 Å². The maximum absolute atomic E-state index is 11.4. The van der Waals surface area contributed by atoms with Gasteiger partial charge >= 0.3 is 5.97 Å². The molecule has 88 valence electrons. The van der Waals surface area contributed by atoms with E-state index in [-0.39, 0.29) is 0 Å². The van der Waals surface area contributed by atoms with E-state index in [0.717, 1.165) is 5.56 Å². The Kier molecular flexibility index (Phi) is 3.93. The van der Waals surface area contributed by atoms with Gasteiger partial charge in [-0.05, 0) is 34.5 Å². The van der Waals surface area contributed by atoms with Crippen LogP contribution in [0.2, 0.25) is 0 Å². The Morgan fingerprint density at radius 1 is 1.50 bits per heavy atom. The number of carboxylic acids is 1. The highest BCUT2D eigenvalue weighted by Gasteiger charge is 2.16. The van der Waals surface area contributed by atoms with Crippen LogP contribution in [0.25, 0.3) is 0 Å². The van der Waals surface area contributed by atoms with Crippen molar-refractivity contribution in [2.45, 2.75) is 6.92 Å². The zero-order valence-corrected chi connectivity index (χ0v) is 10.8. The minimum atomic E-state index is -3.85. The number of aryl methyl sites for hydroxylation is 1. The minimum Gasteiger partial charge on any atom is -0.480 e. The maximum atomic E-state index is 11.4. The lowest BCUT2D eigenvalue weighted by atomic mass is 10.2. The van der Waals surface area contributed by atoms with E-state index in [1.54, 1.807) is 25.1 Å². The van der Waals surface area contributed by atoms with Gasteiger partial charge in [0.1, 0.15) is 0 Å². The third kappa shape index (κ3) is 3.49. The van der Waals surface area contributed by atoms with Crippen LogP contribution >= 0.6 is 15.9 Å². The highest BCUT2D eigenvalue weighted by atomic mass is 79.9. The van der Waals surface area contributed by atoms with Crippen molar-refractivity contribution < 1.29 is 18.3 Å². The van der Waals surface area contributed by atoms with E-state index in [1.807, 2.05) is 0 Å². The monoisotopic (exact) mass is 307 g/mol. The number of halogens is 1. The largest absolute Gasteiger partial charge is 0.480 e. The number of rotatable bonds is 4. The molecule has 0 spiro atoms. The van der Waals surface area contributed by atoms with E-state index >= 15 is 0 Å². The van der Waals surface area contributed by atoms with Crippen molar-refractivity contribution in [3.63, 3.8) is 0 Å². The van der Waals surface area contributed by atoms with Gasteiger partial charge in [0.25, 0.3) is 0 Å². The summed E-state index contributed by atoms with van der Waals surface area (Å²) in [5.41, 5.74) is 1.19. The molecular formula is C9H10BrNO4S. The Hall–Kier alpha value is -1.08. The Morgan fingerprint density at radius 3 is 2.69 bits per heavy atom. The summed E-state index contributed by atoms with van der Waals surface area (Å²) < 4.78 is 25.5. The van der Waals surface area contributed by atoms with E-state index in [9.17, 15) is 13.2 Å². The minimum absolute atomic E-state index is 0.334. The lowest BCUT2D eigenvalue weighted by Crippen LogP contribution is -2.22. The summed E-state index contributed by atoms with van der Waals surface area (Å²) >= 11 is 3.22. The second-order valence-corrected chi connectivity index (χ2v) is 5.71. The summed E-state index contributed by atoms with van der Waals surface area (Å²) in [6.07, 6.45) is 0. The number of nitrogens with one attached hydrogen (secondary N) is 1. The second kappa shape index (κ2) is 4.84. The molecule has 0 amide bonds. The Morgan fingerprint density at radius 2 is 2.12 bits per heavy atom. The van der Waals surface area contributed by atoms with Crippen LogP contribution in [0.3, 0.4) is 0 Å². The fourth-order valence-corrected chi connectivity index (χ4v) is 2.49. The zero-order valence-electron chi connectivity index (χ0n) is 8.40. The van der Waals surface area contributed by atoms with Crippen LogP contribution in [0, 0.1) is 6.92 Å². The number of benzene rings is 1. The maximum Gasteiger partial charge on any atom is 0.320 e. The molecule has 5 nitrogen and oxygen atoms in total. The first-order valence-electron chi connectivity index (χ1n) is 4.29. The zero-order chi connectivity index (χ0) is 12.3. The van der Waals surface area contributed by atoms with Gasteiger partial charge in [-0.15, -0.1) is 0 Å². The quantitative estimate of drug-likeness (QED) is 0.884. The third-order valence-electron chi connectivity index (χ3n) is 1.77. The SMILES string of the molecule is Cc1cccc(NS(=O)(=O)CC(=O)O)c1Br. The Balaban J connectivity index is 2.97. The predicted molar refractivity (Wildman–Crippen MR) is 63.9 cm³/mol. The number of carbonyl (C=O) groups is 1. The number of anilines is 1. The summed E-state index contributed by atoms with van der Waals surface area (Å²) in [7, 11) is -3.85. The highest BCUT2D eigenvalue weighted by molar-refractivity contribution is 9.10. The van der Waals surface area contributed by atoms with Crippen LogP contribution in [-0.2, 0) is 14.8 Å². The van der Waals surface area contributed by atoms with E-state index in [0.29, 0.717) is 10.2 Å². The van der Waals surface area contributed by atoms with Crippen molar-refractivity contribution in [2.75, 3.05) is 10.5 Å². The lowest BCUT2D eigenvalue weighted by Gasteiger charge is -2.09. The van der Waals surface area contributed by atoms with Crippen molar-refractivity contribution in [2.24, 2.45) is 0 Å². The van der Waals surface area contributed by atoms with Crippen molar-refractivity contribution in [1.29, 1.82) is 0 Å². The molecule has 0 heterocycles. The van der Waals surface area contributed by atoms with E-state index < -0.39 is 21.7 Å². The summed E-state index contributed by atoms with van der Waals surface area (Å²) in [4.78, 5) is 10.3. The van der Waals surface area contributed by atoms with E-state index in [1.165, 1.54) is 0 Å². The van der Waals surface area contributed by atoms with Gasteiger partial charge < -0.3 is 5.11 Å². The molecule has 1 aromatic carbocycles. The van der Waals surface area contributed by atoms with Gasteiger partial charge in [-0.25, -0.2) is 8.42 Å². The molecule has 0 saturated carbocycles. The van der Waals surface area contributed by atoms with Crippen LogP contribution in [-0.4, -0.2) is 25.2 Å². The molecule has 0 atom stereocenters. The Labute approximate surface area is 102 Å². The molecule has 0 aromatic heterocycles. The number of sulfonamides is 1.